The van der Waals surface area contributed by atoms with E-state index in [2.05, 4.69) is 201 Å². The first-order valence-electron chi connectivity index (χ1n) is 33.4. The van der Waals surface area contributed by atoms with E-state index in [1.165, 1.54) is 199 Å². The van der Waals surface area contributed by atoms with E-state index in [0.29, 0.717) is 0 Å². The Hall–Kier alpha value is -4.68. The minimum absolute atomic E-state index is 0.788. The monoisotopic (exact) mass is 1070 g/mol. The van der Waals surface area contributed by atoms with Crippen molar-refractivity contribution in [1.29, 1.82) is 0 Å². The summed E-state index contributed by atoms with van der Waals surface area (Å²) in [7, 11) is 0. The molecule has 6 aliphatic carbocycles. The molecule has 80 heavy (non-hydrogen) atoms. The van der Waals surface area contributed by atoms with Gasteiger partial charge in [0.2, 0.25) is 0 Å². The van der Waals surface area contributed by atoms with Gasteiger partial charge in [0.1, 0.15) is 0 Å². The van der Waals surface area contributed by atoms with Gasteiger partial charge < -0.3 is 0 Å². The van der Waals surface area contributed by atoms with E-state index in [1.807, 2.05) is 0 Å². The maximum Gasteiger partial charge on any atom is -0.0162 e. The van der Waals surface area contributed by atoms with E-state index in [1.54, 1.807) is 22.3 Å². The summed E-state index contributed by atoms with van der Waals surface area (Å²) < 4.78 is 0. The number of aryl methyl sites for hydroxylation is 3. The van der Waals surface area contributed by atoms with E-state index in [4.69, 9.17) is 0 Å². The molecular weight excluding hydrogens is 961 g/mol. The van der Waals surface area contributed by atoms with Crippen LogP contribution in [0.5, 0.6) is 0 Å². The highest BCUT2D eigenvalue weighted by molar-refractivity contribution is 5.65. The van der Waals surface area contributed by atoms with Crippen LogP contribution in [0.3, 0.4) is 0 Å². The van der Waals surface area contributed by atoms with E-state index in [-0.39, 0.29) is 0 Å². The van der Waals surface area contributed by atoms with Gasteiger partial charge in [0, 0.05) is 0 Å². The molecule has 6 saturated carbocycles. The van der Waals surface area contributed by atoms with Crippen molar-refractivity contribution in [3.05, 3.63) is 190 Å². The SMILES string of the molecule is CC1CCC(c2ccc(-c3ccc(C4CCC(C)CC4)cc3)cc2)CC1.Cc1ccc(-c2ccc(C3CCC(C)CC3)cc2)cc1.Cc1ccc(C2CCC(C)CC2)cc1.Cc1ccc(C2CCC(C3CCC(C)CC3)CC2)cc1. The van der Waals surface area contributed by atoms with Gasteiger partial charge >= 0.3 is 0 Å². The molecule has 0 amide bonds. The maximum absolute atomic E-state index is 2.44. The quantitative estimate of drug-likeness (QED) is 0.143. The van der Waals surface area contributed by atoms with Crippen molar-refractivity contribution in [2.24, 2.45) is 41.4 Å². The first kappa shape index (κ1) is 59.9. The number of hydrogen-bond donors (Lipinski definition) is 0. The normalized spacial score (nSPS) is 28.8. The Balaban J connectivity index is 0.000000132. The van der Waals surface area contributed by atoms with Gasteiger partial charge in [-0.3, -0.25) is 0 Å². The Morgan fingerprint density at radius 1 is 0.188 bits per heavy atom. The van der Waals surface area contributed by atoms with Gasteiger partial charge in [0.15, 0.2) is 0 Å². The topological polar surface area (TPSA) is 0 Å². The van der Waals surface area contributed by atoms with Gasteiger partial charge in [0.05, 0.1) is 0 Å². The van der Waals surface area contributed by atoms with Crippen LogP contribution in [0.2, 0.25) is 0 Å². The van der Waals surface area contributed by atoms with E-state index in [0.717, 1.165) is 71.0 Å². The minimum atomic E-state index is 0.788. The van der Waals surface area contributed by atoms with E-state index >= 15 is 0 Å². The van der Waals surface area contributed by atoms with Crippen LogP contribution in [0.4, 0.5) is 0 Å². The average molecular weight is 1070 g/mol. The lowest BCUT2D eigenvalue weighted by Gasteiger charge is -2.37. The Labute approximate surface area is 490 Å². The molecular formula is C80H108. The fourth-order valence-electron chi connectivity index (χ4n) is 15.3. The minimum Gasteiger partial charge on any atom is -0.0625 e. The second kappa shape index (κ2) is 30.0. The van der Waals surface area contributed by atoms with Crippen LogP contribution < -0.4 is 0 Å². The Kier molecular flexibility index (Phi) is 22.5. The molecule has 0 unspecified atom stereocenters. The smallest absolute Gasteiger partial charge is 0.0162 e. The summed E-state index contributed by atoms with van der Waals surface area (Å²) in [5.41, 5.74) is 17.2. The molecule has 12 rings (SSSR count). The molecule has 6 aromatic rings. The third-order valence-corrected chi connectivity index (χ3v) is 21.5. The molecule has 0 heterocycles. The molecule has 0 atom stereocenters. The van der Waals surface area contributed by atoms with Crippen molar-refractivity contribution < 1.29 is 0 Å². The lowest BCUT2D eigenvalue weighted by molar-refractivity contribution is 0.165. The van der Waals surface area contributed by atoms with Crippen molar-refractivity contribution in [2.45, 2.75) is 239 Å². The zero-order valence-electron chi connectivity index (χ0n) is 51.8. The summed E-state index contributed by atoms with van der Waals surface area (Å²) in [6, 6.07) is 55.4. The highest BCUT2D eigenvalue weighted by Crippen LogP contribution is 2.45. The predicted octanol–water partition coefficient (Wildman–Crippen LogP) is 24.3. The van der Waals surface area contributed by atoms with E-state index in [9.17, 15) is 0 Å². The summed E-state index contributed by atoms with van der Waals surface area (Å²) in [5, 5.41) is 0. The highest BCUT2D eigenvalue weighted by Gasteiger charge is 2.31. The molecule has 0 aliphatic heterocycles. The van der Waals surface area contributed by atoms with Crippen molar-refractivity contribution >= 4 is 0 Å². The fraction of sp³-hybridized carbons (Fsp3) is 0.550. The molecule has 6 aromatic carbocycles. The molecule has 428 valence electrons. The van der Waals surface area contributed by atoms with Gasteiger partial charge in [-0.15, -0.1) is 0 Å². The maximum atomic E-state index is 2.44. The molecule has 0 saturated heterocycles. The van der Waals surface area contributed by atoms with Crippen molar-refractivity contribution in [2.75, 3.05) is 0 Å². The van der Waals surface area contributed by atoms with Crippen LogP contribution in [-0.2, 0) is 0 Å². The Bertz CT molecular complexity index is 2570. The van der Waals surface area contributed by atoms with Crippen LogP contribution in [0, 0.1) is 62.2 Å². The Morgan fingerprint density at radius 3 is 0.562 bits per heavy atom. The second-order valence-corrected chi connectivity index (χ2v) is 28.0. The second-order valence-electron chi connectivity index (χ2n) is 28.0. The third kappa shape index (κ3) is 17.7. The molecule has 0 nitrogen and oxygen atoms in total. The lowest BCUT2D eigenvalue weighted by Crippen LogP contribution is -2.24. The average Bonchev–Trinajstić information content (AvgIpc) is 3.50. The standard InChI is InChI=1S/C26H34.C20H30.C20H24.C14H20/c1-19-3-7-21(8-4-19)23-11-15-25(16-12-23)26-17-13-24(14-18-26)22-9-5-20(2)6-10-22;2*1-15-3-7-17(8-4-15)19-11-13-20(14-12-19)18-9-5-16(2)6-10-18;1-11-3-7-13(8-4-11)14-9-5-12(2)6-10-14/h11-22H,3-10H2,1-2H3;3-4,7-8,16,18-20H,5-6,9-14H2,1-2H3;3-4,7-8,11-14,16,18H,5-6,9-10H2,1-2H3;3-4,7-8,12,14H,5-6,9-10H2,1-2H3. The highest BCUT2D eigenvalue weighted by atomic mass is 14.4. The summed E-state index contributed by atoms with van der Waals surface area (Å²) in [6.07, 6.45) is 34.0. The van der Waals surface area contributed by atoms with Gasteiger partial charge in [-0.05, 0) is 232 Å². The first-order chi connectivity index (χ1) is 38.9. The summed E-state index contributed by atoms with van der Waals surface area (Å²) in [6.45, 7) is 18.5. The molecule has 0 aromatic heterocycles. The number of benzene rings is 6. The summed E-state index contributed by atoms with van der Waals surface area (Å²) in [4.78, 5) is 0. The third-order valence-electron chi connectivity index (χ3n) is 21.5. The van der Waals surface area contributed by atoms with Crippen molar-refractivity contribution in [3.8, 4) is 22.3 Å². The lowest BCUT2D eigenvalue weighted by atomic mass is 9.68. The zero-order valence-corrected chi connectivity index (χ0v) is 51.8. The largest absolute Gasteiger partial charge is 0.0625 e. The predicted molar refractivity (Wildman–Crippen MR) is 348 cm³/mol. The van der Waals surface area contributed by atoms with Crippen molar-refractivity contribution in [3.63, 3.8) is 0 Å². The molecule has 6 aliphatic rings. The first-order valence-corrected chi connectivity index (χ1v) is 33.4. The molecule has 6 fully saturated rings. The number of hydrogen-bond acceptors (Lipinski definition) is 0. The fourth-order valence-corrected chi connectivity index (χ4v) is 15.3. The molecule has 0 N–H and O–H groups in total. The van der Waals surface area contributed by atoms with Gasteiger partial charge in [-0.25, -0.2) is 0 Å². The molecule has 0 heteroatoms. The van der Waals surface area contributed by atoms with Crippen molar-refractivity contribution in [1.82, 2.24) is 0 Å². The molecule has 0 radical (unpaired) electrons. The van der Waals surface area contributed by atoms with Gasteiger partial charge in [0.25, 0.3) is 0 Å². The summed E-state index contributed by atoms with van der Waals surface area (Å²) in [5.74, 6) is 10.9. The van der Waals surface area contributed by atoms with Crippen LogP contribution in [0.15, 0.2) is 146 Å². The van der Waals surface area contributed by atoms with Crippen LogP contribution in [0.25, 0.3) is 22.3 Å². The molecule has 0 bridgehead atoms. The van der Waals surface area contributed by atoms with Gasteiger partial charge in [-0.2, -0.15) is 0 Å². The number of rotatable bonds is 8. The molecule has 0 spiro atoms. The van der Waals surface area contributed by atoms with Crippen LogP contribution in [-0.4, -0.2) is 0 Å². The van der Waals surface area contributed by atoms with Crippen LogP contribution in [0.1, 0.15) is 263 Å². The van der Waals surface area contributed by atoms with E-state index < -0.39 is 0 Å². The summed E-state index contributed by atoms with van der Waals surface area (Å²) >= 11 is 0. The zero-order chi connectivity index (χ0) is 55.8. The van der Waals surface area contributed by atoms with Gasteiger partial charge in [-0.1, -0.05) is 261 Å². The Morgan fingerprint density at radius 2 is 0.338 bits per heavy atom. The van der Waals surface area contributed by atoms with Crippen LogP contribution >= 0.6 is 0 Å².